The molecule has 3 rings (SSSR count). The smallest absolute Gasteiger partial charge is 0.239 e. The zero-order valence-electron chi connectivity index (χ0n) is 11.2. The van der Waals surface area contributed by atoms with Gasteiger partial charge in [-0.25, -0.2) is 4.39 Å². The standard InChI is InChI=1S/C15H18ClFN2O/c16-11-5-6-12(17)13(7-11)18-8-14(20)19-15(9-1-2-9)10-3-4-10/h5-7,9-10,15,18H,1-4,8H2,(H,19,20). The van der Waals surface area contributed by atoms with Crippen molar-refractivity contribution in [2.75, 3.05) is 11.9 Å². The largest absolute Gasteiger partial charge is 0.374 e. The quantitative estimate of drug-likeness (QED) is 0.846. The molecule has 0 bridgehead atoms. The zero-order valence-corrected chi connectivity index (χ0v) is 11.9. The molecule has 0 unspecified atom stereocenters. The lowest BCUT2D eigenvalue weighted by molar-refractivity contribution is -0.120. The molecule has 0 heterocycles. The zero-order chi connectivity index (χ0) is 14.1. The van der Waals surface area contributed by atoms with E-state index in [1.165, 1.54) is 43.9 Å². The predicted molar refractivity (Wildman–Crippen MR) is 77.3 cm³/mol. The number of rotatable bonds is 6. The number of benzene rings is 1. The summed E-state index contributed by atoms with van der Waals surface area (Å²) in [7, 11) is 0. The number of carbonyl (C=O) groups excluding carboxylic acids is 1. The van der Waals surface area contributed by atoms with Gasteiger partial charge in [0.1, 0.15) is 5.82 Å². The summed E-state index contributed by atoms with van der Waals surface area (Å²) in [5.74, 6) is 0.847. The van der Waals surface area contributed by atoms with E-state index in [1.807, 2.05) is 0 Å². The lowest BCUT2D eigenvalue weighted by Gasteiger charge is -2.18. The van der Waals surface area contributed by atoms with Crippen LogP contribution in [0.3, 0.4) is 0 Å². The summed E-state index contributed by atoms with van der Waals surface area (Å²) in [5.41, 5.74) is 0.266. The van der Waals surface area contributed by atoms with Crippen LogP contribution in [0.15, 0.2) is 18.2 Å². The molecule has 1 aromatic carbocycles. The minimum absolute atomic E-state index is 0.0758. The Hall–Kier alpha value is -1.29. The Bertz CT molecular complexity index is 503. The molecule has 0 saturated heterocycles. The van der Waals surface area contributed by atoms with Crippen molar-refractivity contribution >= 4 is 23.2 Å². The molecule has 2 N–H and O–H groups in total. The van der Waals surface area contributed by atoms with E-state index >= 15 is 0 Å². The van der Waals surface area contributed by atoms with Crippen LogP contribution < -0.4 is 10.6 Å². The maximum atomic E-state index is 13.5. The first-order valence-corrected chi connectivity index (χ1v) is 7.49. The highest BCUT2D eigenvalue weighted by Gasteiger charge is 2.42. The van der Waals surface area contributed by atoms with Gasteiger partial charge in [-0.3, -0.25) is 4.79 Å². The SMILES string of the molecule is O=C(CNc1cc(Cl)ccc1F)NC(C1CC1)C1CC1. The van der Waals surface area contributed by atoms with Gasteiger partial charge >= 0.3 is 0 Å². The van der Waals surface area contributed by atoms with Crippen molar-refractivity contribution < 1.29 is 9.18 Å². The molecular weight excluding hydrogens is 279 g/mol. The summed E-state index contributed by atoms with van der Waals surface area (Å²) >= 11 is 5.81. The number of hydrogen-bond donors (Lipinski definition) is 2. The molecule has 2 aliphatic carbocycles. The minimum atomic E-state index is -0.400. The van der Waals surface area contributed by atoms with Gasteiger partial charge in [0.2, 0.25) is 5.91 Å². The van der Waals surface area contributed by atoms with Gasteiger partial charge in [0, 0.05) is 11.1 Å². The first kappa shape index (κ1) is 13.7. The van der Waals surface area contributed by atoms with E-state index in [-0.39, 0.29) is 18.1 Å². The topological polar surface area (TPSA) is 41.1 Å². The Morgan fingerprint density at radius 1 is 1.30 bits per heavy atom. The summed E-state index contributed by atoms with van der Waals surface area (Å²) in [6.07, 6.45) is 4.88. The van der Waals surface area contributed by atoms with Crippen LogP contribution in [0.1, 0.15) is 25.7 Å². The van der Waals surface area contributed by atoms with Gasteiger partial charge in [0.05, 0.1) is 12.2 Å². The molecule has 2 aliphatic rings. The maximum Gasteiger partial charge on any atom is 0.239 e. The monoisotopic (exact) mass is 296 g/mol. The van der Waals surface area contributed by atoms with Gasteiger partial charge in [-0.1, -0.05) is 11.6 Å². The molecule has 5 heteroatoms. The molecule has 2 saturated carbocycles. The molecule has 0 aliphatic heterocycles. The van der Waals surface area contributed by atoms with Crippen molar-refractivity contribution in [2.24, 2.45) is 11.8 Å². The van der Waals surface area contributed by atoms with E-state index in [0.29, 0.717) is 22.9 Å². The molecule has 0 spiro atoms. The number of carbonyl (C=O) groups is 1. The average molecular weight is 297 g/mol. The average Bonchev–Trinajstić information content (AvgIpc) is 3.28. The third-order valence-electron chi connectivity index (χ3n) is 3.96. The number of hydrogen-bond acceptors (Lipinski definition) is 2. The fraction of sp³-hybridized carbons (Fsp3) is 0.533. The molecular formula is C15H18ClFN2O. The number of anilines is 1. The lowest BCUT2D eigenvalue weighted by atomic mass is 10.1. The van der Waals surface area contributed by atoms with E-state index in [1.54, 1.807) is 0 Å². The Labute approximate surface area is 122 Å². The maximum absolute atomic E-state index is 13.5. The van der Waals surface area contributed by atoms with Gasteiger partial charge < -0.3 is 10.6 Å². The van der Waals surface area contributed by atoms with E-state index in [9.17, 15) is 9.18 Å². The molecule has 3 nitrogen and oxygen atoms in total. The van der Waals surface area contributed by atoms with Crippen molar-refractivity contribution in [1.82, 2.24) is 5.32 Å². The highest BCUT2D eigenvalue weighted by Crippen LogP contribution is 2.44. The molecule has 0 radical (unpaired) electrons. The first-order chi connectivity index (χ1) is 9.63. The third kappa shape index (κ3) is 3.42. The Kier molecular flexibility index (Phi) is 3.83. The summed E-state index contributed by atoms with van der Waals surface area (Å²) in [6.45, 7) is 0.0766. The van der Waals surface area contributed by atoms with Crippen molar-refractivity contribution in [3.8, 4) is 0 Å². The summed E-state index contributed by atoms with van der Waals surface area (Å²) in [6, 6.07) is 4.59. The van der Waals surface area contributed by atoms with E-state index < -0.39 is 5.82 Å². The van der Waals surface area contributed by atoms with Crippen LogP contribution in [0, 0.1) is 17.7 Å². The Morgan fingerprint density at radius 2 is 1.95 bits per heavy atom. The second kappa shape index (κ2) is 5.60. The predicted octanol–water partition coefficient (Wildman–Crippen LogP) is 3.20. The fourth-order valence-electron chi connectivity index (χ4n) is 2.58. The van der Waals surface area contributed by atoms with Crippen molar-refractivity contribution in [3.05, 3.63) is 29.0 Å². The van der Waals surface area contributed by atoms with Crippen molar-refractivity contribution in [1.29, 1.82) is 0 Å². The molecule has 0 atom stereocenters. The molecule has 1 aromatic rings. The Balaban J connectivity index is 1.52. The van der Waals surface area contributed by atoms with Gasteiger partial charge in [-0.2, -0.15) is 0 Å². The number of amides is 1. The van der Waals surface area contributed by atoms with Gasteiger partial charge in [0.15, 0.2) is 0 Å². The lowest BCUT2D eigenvalue weighted by Crippen LogP contribution is -2.41. The highest BCUT2D eigenvalue weighted by atomic mass is 35.5. The van der Waals surface area contributed by atoms with Crippen LogP contribution >= 0.6 is 11.6 Å². The van der Waals surface area contributed by atoms with Crippen molar-refractivity contribution in [3.63, 3.8) is 0 Å². The Morgan fingerprint density at radius 3 is 2.55 bits per heavy atom. The first-order valence-electron chi connectivity index (χ1n) is 7.12. The van der Waals surface area contributed by atoms with Crippen LogP contribution in [-0.4, -0.2) is 18.5 Å². The molecule has 20 heavy (non-hydrogen) atoms. The van der Waals surface area contributed by atoms with E-state index in [2.05, 4.69) is 10.6 Å². The second-order valence-electron chi connectivity index (χ2n) is 5.75. The van der Waals surface area contributed by atoms with Crippen LogP contribution in [0.25, 0.3) is 0 Å². The second-order valence-corrected chi connectivity index (χ2v) is 6.18. The van der Waals surface area contributed by atoms with Gasteiger partial charge in [0.25, 0.3) is 0 Å². The van der Waals surface area contributed by atoms with Crippen LogP contribution in [0.4, 0.5) is 10.1 Å². The fourth-order valence-corrected chi connectivity index (χ4v) is 2.75. The molecule has 2 fully saturated rings. The van der Waals surface area contributed by atoms with Crippen molar-refractivity contribution in [2.45, 2.75) is 31.7 Å². The van der Waals surface area contributed by atoms with Crippen LogP contribution in [0.5, 0.6) is 0 Å². The summed E-state index contributed by atoms with van der Waals surface area (Å²) in [4.78, 5) is 12.0. The minimum Gasteiger partial charge on any atom is -0.374 e. The van der Waals surface area contributed by atoms with Gasteiger partial charge in [-0.15, -0.1) is 0 Å². The number of nitrogens with one attached hydrogen (secondary N) is 2. The summed E-state index contributed by atoms with van der Waals surface area (Å²) < 4.78 is 13.5. The third-order valence-corrected chi connectivity index (χ3v) is 4.19. The highest BCUT2D eigenvalue weighted by molar-refractivity contribution is 6.30. The molecule has 1 amide bonds. The van der Waals surface area contributed by atoms with E-state index in [4.69, 9.17) is 11.6 Å². The molecule has 108 valence electrons. The molecule has 0 aromatic heterocycles. The summed E-state index contributed by atoms with van der Waals surface area (Å²) in [5, 5.41) is 6.34. The van der Waals surface area contributed by atoms with Crippen LogP contribution in [-0.2, 0) is 4.79 Å². The van der Waals surface area contributed by atoms with Crippen LogP contribution in [0.2, 0.25) is 5.02 Å². The number of halogens is 2. The normalized spacial score (nSPS) is 18.1. The van der Waals surface area contributed by atoms with Gasteiger partial charge in [-0.05, 0) is 55.7 Å². The van der Waals surface area contributed by atoms with E-state index in [0.717, 1.165) is 0 Å².